The number of benzene rings is 2. The standard InChI is InChI=1S/C26H27ClN2O3S2/c1-3-4-5-13-34(31,32)29-26(30)20-10-11-24-22(15-20)21(17(2)28-24)14-18-8-9-19(16-23(18)27)25-7-6-12-33-25/h6-12,15-16,28H,3-5,13-14H2,1-2H3,(H,29,30). The maximum atomic E-state index is 12.7. The van der Waals surface area contributed by atoms with Gasteiger partial charge >= 0.3 is 0 Å². The second kappa shape index (κ2) is 10.3. The summed E-state index contributed by atoms with van der Waals surface area (Å²) in [6.07, 6.45) is 2.85. The van der Waals surface area contributed by atoms with E-state index in [0.717, 1.165) is 51.0 Å². The first-order valence-electron chi connectivity index (χ1n) is 11.3. The van der Waals surface area contributed by atoms with Crippen molar-refractivity contribution < 1.29 is 13.2 Å². The molecule has 0 radical (unpaired) electrons. The molecular formula is C26H27ClN2O3S2. The first-order chi connectivity index (χ1) is 16.3. The smallest absolute Gasteiger partial charge is 0.264 e. The minimum absolute atomic E-state index is 0.0523. The number of unbranched alkanes of at least 4 members (excludes halogenated alkanes) is 2. The lowest BCUT2D eigenvalue weighted by molar-refractivity contribution is 0.0981. The molecule has 0 aliphatic heterocycles. The Bertz CT molecular complexity index is 1420. The van der Waals surface area contributed by atoms with E-state index in [1.54, 1.807) is 23.5 Å². The van der Waals surface area contributed by atoms with Crippen molar-refractivity contribution >= 4 is 49.8 Å². The number of aromatic amines is 1. The summed E-state index contributed by atoms with van der Waals surface area (Å²) in [6, 6.07) is 15.4. The normalized spacial score (nSPS) is 11.7. The molecule has 0 aliphatic carbocycles. The van der Waals surface area contributed by atoms with Crippen molar-refractivity contribution in [1.82, 2.24) is 9.71 Å². The molecule has 0 saturated heterocycles. The van der Waals surface area contributed by atoms with Crippen LogP contribution in [0.25, 0.3) is 21.3 Å². The number of H-pyrrole nitrogens is 1. The van der Waals surface area contributed by atoms with E-state index in [9.17, 15) is 13.2 Å². The van der Waals surface area contributed by atoms with Gasteiger partial charge in [-0.1, -0.05) is 49.6 Å². The fraction of sp³-hybridized carbons (Fsp3) is 0.269. The van der Waals surface area contributed by atoms with Gasteiger partial charge in [-0.3, -0.25) is 4.79 Å². The van der Waals surface area contributed by atoms with Crippen LogP contribution in [0.15, 0.2) is 53.9 Å². The van der Waals surface area contributed by atoms with Crippen LogP contribution in [0.4, 0.5) is 0 Å². The topological polar surface area (TPSA) is 79.0 Å². The molecule has 5 nitrogen and oxygen atoms in total. The number of rotatable bonds is 9. The molecule has 0 atom stereocenters. The molecule has 0 aliphatic rings. The Morgan fingerprint density at radius 1 is 1.12 bits per heavy atom. The summed E-state index contributed by atoms with van der Waals surface area (Å²) in [6.45, 7) is 3.99. The monoisotopic (exact) mass is 514 g/mol. The lowest BCUT2D eigenvalue weighted by atomic mass is 9.99. The van der Waals surface area contributed by atoms with Gasteiger partial charge in [-0.05, 0) is 65.7 Å². The van der Waals surface area contributed by atoms with Crippen LogP contribution in [0.1, 0.15) is 53.4 Å². The van der Waals surface area contributed by atoms with Crippen LogP contribution in [-0.2, 0) is 16.4 Å². The minimum Gasteiger partial charge on any atom is -0.358 e. The second-order valence-electron chi connectivity index (χ2n) is 8.41. The highest BCUT2D eigenvalue weighted by Crippen LogP contribution is 2.32. The van der Waals surface area contributed by atoms with Gasteiger partial charge in [0, 0.05) is 38.5 Å². The first kappa shape index (κ1) is 24.5. The van der Waals surface area contributed by atoms with Crippen LogP contribution in [-0.4, -0.2) is 25.1 Å². The molecule has 4 rings (SSSR count). The van der Waals surface area contributed by atoms with Crippen molar-refractivity contribution in [1.29, 1.82) is 0 Å². The number of carbonyl (C=O) groups is 1. The lowest BCUT2D eigenvalue weighted by Crippen LogP contribution is -2.32. The van der Waals surface area contributed by atoms with E-state index >= 15 is 0 Å². The molecule has 0 bridgehead atoms. The zero-order valence-electron chi connectivity index (χ0n) is 19.2. The highest BCUT2D eigenvalue weighted by atomic mass is 35.5. The Balaban J connectivity index is 1.59. The van der Waals surface area contributed by atoms with Crippen molar-refractivity contribution in [3.8, 4) is 10.4 Å². The van der Waals surface area contributed by atoms with Gasteiger partial charge in [0.1, 0.15) is 0 Å². The van der Waals surface area contributed by atoms with E-state index in [1.165, 1.54) is 0 Å². The largest absolute Gasteiger partial charge is 0.358 e. The van der Waals surface area contributed by atoms with Crippen molar-refractivity contribution in [2.45, 2.75) is 39.5 Å². The first-order valence-corrected chi connectivity index (χ1v) is 14.2. The summed E-state index contributed by atoms with van der Waals surface area (Å²) < 4.78 is 26.7. The van der Waals surface area contributed by atoms with Gasteiger partial charge in [0.2, 0.25) is 10.0 Å². The second-order valence-corrected chi connectivity index (χ2v) is 11.6. The van der Waals surface area contributed by atoms with E-state index in [2.05, 4.69) is 21.8 Å². The zero-order valence-corrected chi connectivity index (χ0v) is 21.5. The summed E-state index contributed by atoms with van der Waals surface area (Å²) in [5.41, 5.74) is 5.28. The van der Waals surface area contributed by atoms with Crippen LogP contribution >= 0.6 is 22.9 Å². The number of halogens is 1. The number of thiophene rings is 1. The van der Waals surface area contributed by atoms with Crippen molar-refractivity contribution in [2.75, 3.05) is 5.75 Å². The summed E-state index contributed by atoms with van der Waals surface area (Å²) in [5.74, 6) is -0.662. The molecule has 0 spiro atoms. The van der Waals surface area contributed by atoms with Gasteiger partial charge in [-0.2, -0.15) is 0 Å². The highest BCUT2D eigenvalue weighted by molar-refractivity contribution is 7.90. The Hall–Kier alpha value is -2.61. The molecule has 2 aromatic heterocycles. The van der Waals surface area contributed by atoms with Crippen molar-refractivity contribution in [3.63, 3.8) is 0 Å². The number of carbonyl (C=O) groups excluding carboxylic acids is 1. The van der Waals surface area contributed by atoms with E-state index in [-0.39, 0.29) is 5.75 Å². The quantitative estimate of drug-likeness (QED) is 0.244. The summed E-state index contributed by atoms with van der Waals surface area (Å²) in [7, 11) is -3.66. The van der Waals surface area contributed by atoms with Gasteiger partial charge in [-0.15, -0.1) is 11.3 Å². The number of fused-ring (bicyclic) bond motifs is 1. The number of sulfonamides is 1. The number of amides is 1. The average molecular weight is 515 g/mol. The Morgan fingerprint density at radius 3 is 2.65 bits per heavy atom. The number of hydrogen-bond donors (Lipinski definition) is 2. The fourth-order valence-electron chi connectivity index (χ4n) is 4.02. The molecule has 0 fully saturated rings. The summed E-state index contributed by atoms with van der Waals surface area (Å²) >= 11 is 8.31. The lowest BCUT2D eigenvalue weighted by Gasteiger charge is -2.09. The predicted molar refractivity (Wildman–Crippen MR) is 141 cm³/mol. The van der Waals surface area contributed by atoms with Gasteiger partial charge in [-0.25, -0.2) is 13.1 Å². The van der Waals surface area contributed by atoms with Crippen LogP contribution in [0, 0.1) is 6.92 Å². The molecule has 4 aromatic rings. The highest BCUT2D eigenvalue weighted by Gasteiger charge is 2.18. The maximum Gasteiger partial charge on any atom is 0.264 e. The number of aryl methyl sites for hydroxylation is 1. The molecule has 0 saturated carbocycles. The third kappa shape index (κ3) is 5.54. The third-order valence-electron chi connectivity index (χ3n) is 5.87. The van der Waals surface area contributed by atoms with Gasteiger partial charge < -0.3 is 4.98 Å². The SMILES string of the molecule is CCCCCS(=O)(=O)NC(=O)c1ccc2[nH]c(C)c(Cc3ccc(-c4cccs4)cc3Cl)c2c1. The Labute approximate surface area is 209 Å². The van der Waals surface area contributed by atoms with Crippen LogP contribution in [0.2, 0.25) is 5.02 Å². The molecule has 0 unspecified atom stereocenters. The number of nitrogens with one attached hydrogen (secondary N) is 2. The molecule has 2 heterocycles. The van der Waals surface area contributed by atoms with Crippen LogP contribution in [0.5, 0.6) is 0 Å². The van der Waals surface area contributed by atoms with Crippen molar-refractivity contribution in [3.05, 3.63) is 81.3 Å². The molecule has 8 heteroatoms. The van der Waals surface area contributed by atoms with E-state index in [4.69, 9.17) is 11.6 Å². The number of aromatic nitrogens is 1. The molecule has 178 valence electrons. The van der Waals surface area contributed by atoms with Crippen LogP contribution in [0.3, 0.4) is 0 Å². The summed E-state index contributed by atoms with van der Waals surface area (Å²) in [5, 5.41) is 3.61. The molecule has 1 amide bonds. The minimum atomic E-state index is -3.66. The fourth-order valence-corrected chi connectivity index (χ4v) is 6.08. The Morgan fingerprint density at radius 2 is 1.94 bits per heavy atom. The Kier molecular flexibility index (Phi) is 7.45. The molecule has 2 N–H and O–H groups in total. The predicted octanol–water partition coefficient (Wildman–Crippen LogP) is 6.70. The molecule has 34 heavy (non-hydrogen) atoms. The van der Waals surface area contributed by atoms with E-state index in [0.29, 0.717) is 23.4 Å². The van der Waals surface area contributed by atoms with Gasteiger partial charge in [0.05, 0.1) is 5.75 Å². The maximum absolute atomic E-state index is 12.7. The number of hydrogen-bond acceptors (Lipinski definition) is 4. The van der Waals surface area contributed by atoms with Gasteiger partial charge in [0.15, 0.2) is 0 Å². The third-order valence-corrected chi connectivity index (χ3v) is 8.47. The van der Waals surface area contributed by atoms with E-state index < -0.39 is 15.9 Å². The summed E-state index contributed by atoms with van der Waals surface area (Å²) in [4.78, 5) is 17.2. The van der Waals surface area contributed by atoms with Crippen molar-refractivity contribution in [2.24, 2.45) is 0 Å². The zero-order chi connectivity index (χ0) is 24.3. The molecule has 2 aromatic carbocycles. The van der Waals surface area contributed by atoms with E-state index in [1.807, 2.05) is 43.5 Å². The van der Waals surface area contributed by atoms with Crippen LogP contribution < -0.4 is 4.72 Å². The average Bonchev–Trinajstić information content (AvgIpc) is 3.43. The molecular weight excluding hydrogens is 488 g/mol. The van der Waals surface area contributed by atoms with Gasteiger partial charge in [0.25, 0.3) is 5.91 Å².